The Hall–Kier alpha value is -0.790. The topological polar surface area (TPSA) is 26.3 Å². The predicted octanol–water partition coefficient (Wildman–Crippen LogP) is 3.18. The van der Waals surface area contributed by atoms with Gasteiger partial charge in [0.05, 0.1) is 5.92 Å². The van der Waals surface area contributed by atoms with Gasteiger partial charge in [0.1, 0.15) is 6.10 Å². The second-order valence-electron chi connectivity index (χ2n) is 5.51. The zero-order valence-corrected chi connectivity index (χ0v) is 10.5. The van der Waals surface area contributed by atoms with Gasteiger partial charge in [0.15, 0.2) is 0 Å². The van der Waals surface area contributed by atoms with Crippen molar-refractivity contribution >= 4 is 5.97 Å². The largest absolute Gasteiger partial charge is 0.462 e. The van der Waals surface area contributed by atoms with Gasteiger partial charge in [0.2, 0.25) is 0 Å². The number of ether oxygens (including phenoxy) is 1. The Morgan fingerprint density at radius 3 is 2.56 bits per heavy atom. The van der Waals surface area contributed by atoms with Crippen LogP contribution in [0.1, 0.15) is 40.0 Å². The third kappa shape index (κ3) is 2.16. The molecule has 1 fully saturated rings. The second kappa shape index (κ2) is 4.60. The fraction of sp³-hybridized carbons (Fsp3) is 0.786. The minimum Gasteiger partial charge on any atom is -0.462 e. The molecule has 2 heteroatoms. The molecule has 4 atom stereocenters. The smallest absolute Gasteiger partial charge is 0.309 e. The van der Waals surface area contributed by atoms with E-state index in [2.05, 4.69) is 32.9 Å². The van der Waals surface area contributed by atoms with E-state index in [1.807, 2.05) is 0 Å². The summed E-state index contributed by atoms with van der Waals surface area (Å²) in [6, 6.07) is 0. The number of hydrogen-bond donors (Lipinski definition) is 0. The van der Waals surface area contributed by atoms with E-state index in [0.717, 1.165) is 19.3 Å². The van der Waals surface area contributed by atoms with E-state index in [1.165, 1.54) is 0 Å². The summed E-state index contributed by atoms with van der Waals surface area (Å²) in [7, 11) is 0. The molecular weight excluding hydrogens is 200 g/mol. The maximum atomic E-state index is 12.1. The number of esters is 1. The lowest BCUT2D eigenvalue weighted by atomic mass is 9.93. The number of rotatable bonds is 4. The van der Waals surface area contributed by atoms with Gasteiger partial charge in [-0.3, -0.25) is 4.79 Å². The van der Waals surface area contributed by atoms with Crippen molar-refractivity contribution in [3.8, 4) is 0 Å². The van der Waals surface area contributed by atoms with Crippen molar-refractivity contribution in [3.63, 3.8) is 0 Å². The van der Waals surface area contributed by atoms with Crippen molar-refractivity contribution < 1.29 is 9.53 Å². The van der Waals surface area contributed by atoms with Gasteiger partial charge in [-0.15, -0.1) is 0 Å². The minimum absolute atomic E-state index is 0.0393. The predicted molar refractivity (Wildman–Crippen MR) is 63.9 cm³/mol. The molecule has 0 aromatic carbocycles. The lowest BCUT2D eigenvalue weighted by Crippen LogP contribution is -2.29. The van der Waals surface area contributed by atoms with Crippen molar-refractivity contribution in [3.05, 3.63) is 12.2 Å². The van der Waals surface area contributed by atoms with E-state index in [9.17, 15) is 4.79 Å². The molecule has 16 heavy (non-hydrogen) atoms. The molecule has 0 heterocycles. The average Bonchev–Trinajstić information content (AvgIpc) is 2.86. The van der Waals surface area contributed by atoms with E-state index in [0.29, 0.717) is 17.8 Å². The highest BCUT2D eigenvalue weighted by Gasteiger charge is 2.41. The van der Waals surface area contributed by atoms with Crippen LogP contribution in [-0.4, -0.2) is 12.1 Å². The van der Waals surface area contributed by atoms with Gasteiger partial charge in [0, 0.05) is 0 Å². The number of hydrogen-bond acceptors (Lipinski definition) is 2. The van der Waals surface area contributed by atoms with Crippen molar-refractivity contribution in [1.82, 2.24) is 0 Å². The SMILES string of the molecule is CCC(OC(=O)C1CC2C=CC1C2)C(C)C. The lowest BCUT2D eigenvalue weighted by Gasteiger charge is -2.24. The molecule has 0 radical (unpaired) electrons. The molecule has 0 aromatic heterocycles. The third-order valence-corrected chi connectivity index (χ3v) is 4.00. The molecule has 0 N–H and O–H groups in total. The Bertz CT molecular complexity index is 293. The van der Waals surface area contributed by atoms with Crippen molar-refractivity contribution in [2.75, 3.05) is 0 Å². The Balaban J connectivity index is 1.91. The molecule has 2 bridgehead atoms. The van der Waals surface area contributed by atoms with Gasteiger partial charge in [-0.2, -0.15) is 0 Å². The van der Waals surface area contributed by atoms with E-state index >= 15 is 0 Å². The molecule has 2 aliphatic rings. The van der Waals surface area contributed by atoms with Crippen LogP contribution in [0.5, 0.6) is 0 Å². The van der Waals surface area contributed by atoms with Crippen LogP contribution in [-0.2, 0) is 9.53 Å². The van der Waals surface area contributed by atoms with Crippen LogP contribution >= 0.6 is 0 Å². The summed E-state index contributed by atoms with van der Waals surface area (Å²) in [6.07, 6.45) is 7.65. The van der Waals surface area contributed by atoms with E-state index in [1.54, 1.807) is 0 Å². The molecule has 4 unspecified atom stereocenters. The lowest BCUT2D eigenvalue weighted by molar-refractivity contribution is -0.157. The van der Waals surface area contributed by atoms with Gasteiger partial charge in [-0.05, 0) is 37.0 Å². The molecule has 90 valence electrons. The third-order valence-electron chi connectivity index (χ3n) is 4.00. The summed E-state index contributed by atoms with van der Waals surface area (Å²) >= 11 is 0. The van der Waals surface area contributed by atoms with Gasteiger partial charge in [0.25, 0.3) is 0 Å². The molecule has 1 saturated carbocycles. The van der Waals surface area contributed by atoms with Crippen LogP contribution < -0.4 is 0 Å². The second-order valence-corrected chi connectivity index (χ2v) is 5.51. The molecule has 0 amide bonds. The molecular formula is C14H22O2. The molecule has 2 nitrogen and oxygen atoms in total. The van der Waals surface area contributed by atoms with Crippen molar-refractivity contribution in [2.24, 2.45) is 23.7 Å². The summed E-state index contributed by atoms with van der Waals surface area (Å²) < 4.78 is 5.62. The highest BCUT2D eigenvalue weighted by Crippen LogP contribution is 2.44. The first kappa shape index (κ1) is 11.7. The van der Waals surface area contributed by atoms with Crippen LogP contribution in [0.25, 0.3) is 0 Å². The monoisotopic (exact) mass is 222 g/mol. The summed E-state index contributed by atoms with van der Waals surface area (Å²) in [5.74, 6) is 1.70. The Labute approximate surface area is 98.1 Å². The zero-order valence-electron chi connectivity index (χ0n) is 10.5. The average molecular weight is 222 g/mol. The van der Waals surface area contributed by atoms with Crippen molar-refractivity contribution in [2.45, 2.75) is 46.1 Å². The van der Waals surface area contributed by atoms with Crippen LogP contribution in [0.2, 0.25) is 0 Å². The molecule has 0 aromatic rings. The maximum absolute atomic E-state index is 12.1. The fourth-order valence-electron chi connectivity index (χ4n) is 2.98. The molecule has 2 rings (SSSR count). The zero-order chi connectivity index (χ0) is 11.7. The molecule has 0 aliphatic heterocycles. The number of allylic oxidation sites excluding steroid dienone is 2. The quantitative estimate of drug-likeness (QED) is 0.539. The van der Waals surface area contributed by atoms with Crippen LogP contribution in [0.3, 0.4) is 0 Å². The summed E-state index contributed by atoms with van der Waals surface area (Å²) in [4.78, 5) is 12.1. The van der Waals surface area contributed by atoms with Gasteiger partial charge >= 0.3 is 5.97 Å². The van der Waals surface area contributed by atoms with E-state index in [4.69, 9.17) is 4.74 Å². The first-order valence-corrected chi connectivity index (χ1v) is 6.50. The van der Waals surface area contributed by atoms with Crippen LogP contribution in [0.15, 0.2) is 12.2 Å². The minimum atomic E-state index is 0.0393. The summed E-state index contributed by atoms with van der Waals surface area (Å²) in [5, 5.41) is 0. The van der Waals surface area contributed by atoms with Gasteiger partial charge in [-0.1, -0.05) is 32.9 Å². The van der Waals surface area contributed by atoms with E-state index < -0.39 is 0 Å². The first-order chi connectivity index (χ1) is 7.61. The van der Waals surface area contributed by atoms with Gasteiger partial charge < -0.3 is 4.74 Å². The fourth-order valence-corrected chi connectivity index (χ4v) is 2.98. The maximum Gasteiger partial charge on any atom is 0.309 e. The highest BCUT2D eigenvalue weighted by atomic mass is 16.5. The van der Waals surface area contributed by atoms with Gasteiger partial charge in [-0.25, -0.2) is 0 Å². The standard InChI is InChI=1S/C14H22O2/c1-4-13(9(2)3)16-14(15)12-8-10-5-6-11(12)7-10/h5-6,9-13H,4,7-8H2,1-3H3. The number of carbonyl (C=O) groups excluding carboxylic acids is 1. The number of fused-ring (bicyclic) bond motifs is 2. The van der Waals surface area contributed by atoms with E-state index in [-0.39, 0.29) is 18.0 Å². The Morgan fingerprint density at radius 2 is 2.12 bits per heavy atom. The molecule has 2 aliphatic carbocycles. The van der Waals surface area contributed by atoms with Crippen molar-refractivity contribution in [1.29, 1.82) is 0 Å². The Kier molecular flexibility index (Phi) is 3.36. The normalized spacial score (nSPS) is 33.4. The van der Waals surface area contributed by atoms with Crippen LogP contribution in [0, 0.1) is 23.7 Å². The number of carbonyl (C=O) groups is 1. The first-order valence-electron chi connectivity index (χ1n) is 6.50. The molecule has 0 saturated heterocycles. The molecule has 0 spiro atoms. The van der Waals surface area contributed by atoms with Crippen LogP contribution in [0.4, 0.5) is 0 Å². The summed E-state index contributed by atoms with van der Waals surface area (Å²) in [5.41, 5.74) is 0. The summed E-state index contributed by atoms with van der Waals surface area (Å²) in [6.45, 7) is 6.31. The Morgan fingerprint density at radius 1 is 1.38 bits per heavy atom. The highest BCUT2D eigenvalue weighted by molar-refractivity contribution is 5.74.